The average molecular weight is 324 g/mol. The number of hydrogen-bond acceptors (Lipinski definition) is 3. The van der Waals surface area contributed by atoms with Crippen LogP contribution in [0.4, 0.5) is 5.69 Å². The first-order chi connectivity index (χ1) is 9.94. The summed E-state index contributed by atoms with van der Waals surface area (Å²) in [6.07, 6.45) is 0. The summed E-state index contributed by atoms with van der Waals surface area (Å²) >= 11 is 5.80. The number of aromatic nitrogens is 2. The van der Waals surface area contributed by atoms with Crippen LogP contribution >= 0.6 is 11.6 Å². The van der Waals surface area contributed by atoms with Crippen molar-refractivity contribution in [3.8, 4) is 0 Å². The minimum atomic E-state index is -3.73. The highest BCUT2D eigenvalue weighted by atomic mass is 35.5. The van der Waals surface area contributed by atoms with Crippen molar-refractivity contribution in [2.24, 2.45) is 0 Å². The van der Waals surface area contributed by atoms with Crippen molar-refractivity contribution in [3.05, 3.63) is 58.0 Å². The maximum absolute atomic E-state index is 12.2. The molecule has 0 atom stereocenters. The van der Waals surface area contributed by atoms with Crippen molar-refractivity contribution >= 4 is 38.3 Å². The van der Waals surface area contributed by atoms with Gasteiger partial charge in [-0.1, -0.05) is 17.7 Å². The van der Waals surface area contributed by atoms with Crippen molar-refractivity contribution in [3.63, 3.8) is 0 Å². The fraction of sp³-hybridized carbons (Fsp3) is 0. The van der Waals surface area contributed by atoms with E-state index in [1.54, 1.807) is 24.3 Å². The summed E-state index contributed by atoms with van der Waals surface area (Å²) in [5, 5.41) is 0.336. The zero-order valence-electron chi connectivity index (χ0n) is 10.6. The first-order valence-electron chi connectivity index (χ1n) is 5.94. The molecule has 21 heavy (non-hydrogen) atoms. The Kier molecular flexibility index (Phi) is 3.23. The Morgan fingerprint density at radius 3 is 2.52 bits per heavy atom. The van der Waals surface area contributed by atoms with Gasteiger partial charge in [-0.05, 0) is 36.4 Å². The van der Waals surface area contributed by atoms with Gasteiger partial charge in [0.05, 0.1) is 21.6 Å². The Morgan fingerprint density at radius 1 is 1.00 bits per heavy atom. The molecule has 1 aromatic heterocycles. The number of anilines is 1. The zero-order valence-corrected chi connectivity index (χ0v) is 12.1. The van der Waals surface area contributed by atoms with Gasteiger partial charge in [0, 0.05) is 5.02 Å². The lowest BCUT2D eigenvalue weighted by Gasteiger charge is -2.08. The van der Waals surface area contributed by atoms with Crippen LogP contribution in [0.1, 0.15) is 0 Å². The third-order valence-corrected chi connectivity index (χ3v) is 4.49. The summed E-state index contributed by atoms with van der Waals surface area (Å²) < 4.78 is 26.9. The number of aromatic amines is 2. The number of imidazole rings is 1. The maximum atomic E-state index is 12.2. The van der Waals surface area contributed by atoms with Crippen LogP contribution in [-0.4, -0.2) is 18.4 Å². The molecule has 0 saturated heterocycles. The van der Waals surface area contributed by atoms with E-state index in [2.05, 4.69) is 14.7 Å². The van der Waals surface area contributed by atoms with E-state index in [0.717, 1.165) is 0 Å². The lowest BCUT2D eigenvalue weighted by molar-refractivity contribution is 0.601. The highest BCUT2D eigenvalue weighted by Crippen LogP contribution is 2.21. The fourth-order valence-corrected chi connectivity index (χ4v) is 3.29. The van der Waals surface area contributed by atoms with E-state index in [0.29, 0.717) is 21.7 Å². The van der Waals surface area contributed by atoms with E-state index in [9.17, 15) is 13.2 Å². The molecule has 2 aromatic carbocycles. The van der Waals surface area contributed by atoms with Gasteiger partial charge in [-0.3, -0.25) is 4.72 Å². The molecule has 3 aromatic rings. The van der Waals surface area contributed by atoms with Crippen molar-refractivity contribution in [1.29, 1.82) is 0 Å². The van der Waals surface area contributed by atoms with Crippen molar-refractivity contribution < 1.29 is 8.42 Å². The first-order valence-corrected chi connectivity index (χ1v) is 7.81. The van der Waals surface area contributed by atoms with Crippen molar-refractivity contribution in [1.82, 2.24) is 9.97 Å². The zero-order chi connectivity index (χ0) is 15.0. The number of sulfonamides is 1. The average Bonchev–Trinajstić information content (AvgIpc) is 2.77. The number of fused-ring (bicyclic) bond motifs is 1. The first kappa shape index (κ1) is 13.7. The van der Waals surface area contributed by atoms with E-state index >= 15 is 0 Å². The highest BCUT2D eigenvalue weighted by molar-refractivity contribution is 7.92. The minimum Gasteiger partial charge on any atom is -0.306 e. The molecule has 0 aliphatic carbocycles. The molecule has 8 heteroatoms. The number of benzene rings is 2. The van der Waals surface area contributed by atoms with Crippen LogP contribution < -0.4 is 10.4 Å². The Balaban J connectivity index is 1.98. The third kappa shape index (κ3) is 2.79. The quantitative estimate of drug-likeness (QED) is 0.690. The number of halogens is 1. The molecule has 0 aliphatic heterocycles. The molecule has 3 rings (SSSR count). The molecule has 0 bridgehead atoms. The van der Waals surface area contributed by atoms with E-state index in [1.807, 2.05) is 0 Å². The smallest absolute Gasteiger partial charge is 0.306 e. The number of hydrogen-bond donors (Lipinski definition) is 3. The molecule has 3 N–H and O–H groups in total. The molecule has 0 fully saturated rings. The van der Waals surface area contributed by atoms with Crippen LogP contribution in [0.5, 0.6) is 0 Å². The second kappa shape index (κ2) is 4.94. The van der Waals surface area contributed by atoms with Gasteiger partial charge in [0.1, 0.15) is 0 Å². The summed E-state index contributed by atoms with van der Waals surface area (Å²) in [6.45, 7) is 0. The van der Waals surface area contributed by atoms with Gasteiger partial charge in [0.25, 0.3) is 10.0 Å². The van der Waals surface area contributed by atoms with Crippen molar-refractivity contribution in [2.45, 2.75) is 4.90 Å². The summed E-state index contributed by atoms with van der Waals surface area (Å²) in [5.74, 6) is 0. The molecule has 0 aliphatic rings. The lowest BCUT2D eigenvalue weighted by atomic mass is 10.3. The number of H-pyrrole nitrogens is 2. The maximum Gasteiger partial charge on any atom is 0.323 e. The van der Waals surface area contributed by atoms with Gasteiger partial charge >= 0.3 is 5.69 Å². The predicted molar refractivity (Wildman–Crippen MR) is 81.2 cm³/mol. The molecule has 0 saturated carbocycles. The molecule has 0 unspecified atom stereocenters. The Labute approximate surface area is 124 Å². The molecule has 108 valence electrons. The standard InChI is InChI=1S/C13H10ClN3O3S/c14-8-2-1-3-10(6-8)21(19,20)17-9-4-5-11-12(7-9)16-13(18)15-11/h1-7,17H,(H2,15,16,18). The monoisotopic (exact) mass is 323 g/mol. The van der Waals surface area contributed by atoms with Crippen LogP contribution in [0.25, 0.3) is 11.0 Å². The van der Waals surface area contributed by atoms with Crippen molar-refractivity contribution in [2.75, 3.05) is 4.72 Å². The fourth-order valence-electron chi connectivity index (χ4n) is 1.94. The van der Waals surface area contributed by atoms with Gasteiger partial charge in [0.2, 0.25) is 0 Å². The largest absolute Gasteiger partial charge is 0.323 e. The van der Waals surface area contributed by atoms with Gasteiger partial charge in [-0.2, -0.15) is 0 Å². The second-order valence-corrected chi connectivity index (χ2v) is 6.52. The predicted octanol–water partition coefficient (Wildman–Crippen LogP) is 2.31. The molecular formula is C13H10ClN3O3S. The van der Waals surface area contributed by atoms with Crippen LogP contribution in [0.15, 0.2) is 52.2 Å². The van der Waals surface area contributed by atoms with Crippen LogP contribution in [-0.2, 0) is 10.0 Å². The Morgan fingerprint density at radius 2 is 1.76 bits per heavy atom. The van der Waals surface area contributed by atoms with Crippen LogP contribution in [0.3, 0.4) is 0 Å². The lowest BCUT2D eigenvalue weighted by Crippen LogP contribution is -2.12. The Bertz CT molecular complexity index is 975. The summed E-state index contributed by atoms with van der Waals surface area (Å²) in [5.41, 5.74) is 1.12. The molecule has 6 nitrogen and oxygen atoms in total. The van der Waals surface area contributed by atoms with E-state index < -0.39 is 10.0 Å². The van der Waals surface area contributed by atoms with Gasteiger partial charge in [-0.15, -0.1) is 0 Å². The summed E-state index contributed by atoms with van der Waals surface area (Å²) in [7, 11) is -3.73. The molecule has 0 amide bonds. The van der Waals surface area contributed by atoms with Gasteiger partial charge < -0.3 is 9.97 Å². The Hall–Kier alpha value is -2.25. The normalized spacial score (nSPS) is 11.7. The molecule has 1 heterocycles. The number of nitrogens with one attached hydrogen (secondary N) is 3. The van der Waals surface area contributed by atoms with Gasteiger partial charge in [-0.25, -0.2) is 13.2 Å². The molecular weight excluding hydrogens is 314 g/mol. The summed E-state index contributed by atoms with van der Waals surface area (Å²) in [4.78, 5) is 16.4. The van der Waals surface area contributed by atoms with Gasteiger partial charge in [0.15, 0.2) is 0 Å². The SMILES string of the molecule is O=c1[nH]c2ccc(NS(=O)(=O)c3cccc(Cl)c3)cc2[nH]1. The molecule has 0 radical (unpaired) electrons. The van der Waals surface area contributed by atoms with E-state index in [4.69, 9.17) is 11.6 Å². The number of rotatable bonds is 3. The van der Waals surface area contributed by atoms with E-state index in [1.165, 1.54) is 18.2 Å². The highest BCUT2D eigenvalue weighted by Gasteiger charge is 2.14. The second-order valence-electron chi connectivity index (χ2n) is 4.40. The van der Waals surface area contributed by atoms with E-state index in [-0.39, 0.29) is 10.6 Å². The summed E-state index contributed by atoms with van der Waals surface area (Å²) in [6, 6.07) is 10.7. The van der Waals surface area contributed by atoms with Crippen LogP contribution in [0.2, 0.25) is 5.02 Å². The topological polar surface area (TPSA) is 94.8 Å². The van der Waals surface area contributed by atoms with Crippen LogP contribution in [0, 0.1) is 0 Å². The molecule has 0 spiro atoms. The minimum absolute atomic E-state index is 0.0673. The third-order valence-electron chi connectivity index (χ3n) is 2.87.